The number of aryl methyl sites for hydroxylation is 1. The van der Waals surface area contributed by atoms with Crippen LogP contribution in [0.1, 0.15) is 21.5 Å². The average molecular weight is 430 g/mol. The summed E-state index contributed by atoms with van der Waals surface area (Å²) in [6.07, 6.45) is 0.781. The maximum Gasteiger partial charge on any atom is 0.251 e. The van der Waals surface area contributed by atoms with Gasteiger partial charge in [0.05, 0.1) is 17.5 Å². The van der Waals surface area contributed by atoms with Crippen molar-refractivity contribution in [1.29, 1.82) is 0 Å². The second kappa shape index (κ2) is 8.20. The predicted octanol–water partition coefficient (Wildman–Crippen LogP) is 2.65. The molecule has 2 N–H and O–H groups in total. The molecule has 1 amide bonds. The van der Waals surface area contributed by atoms with Crippen molar-refractivity contribution in [3.05, 3.63) is 65.2 Å². The van der Waals surface area contributed by atoms with Gasteiger partial charge in [0.1, 0.15) is 0 Å². The number of nitrogens with zero attached hydrogens (tertiary/aromatic N) is 1. The molecular weight excluding hydrogens is 406 g/mol. The number of aliphatic imine (C=N–C) groups is 1. The van der Waals surface area contributed by atoms with Crippen molar-refractivity contribution in [1.82, 2.24) is 5.32 Å². The minimum atomic E-state index is -2.96. The van der Waals surface area contributed by atoms with Crippen molar-refractivity contribution in [3.8, 4) is 0 Å². The quantitative estimate of drug-likeness (QED) is 0.763. The fraction of sp³-hybridized carbons (Fsp3) is 0.333. The number of sulfone groups is 1. The fourth-order valence-electron chi connectivity index (χ4n) is 3.45. The Labute approximate surface area is 175 Å². The molecule has 0 aromatic heterocycles. The Bertz CT molecular complexity index is 1050. The Kier molecular flexibility index (Phi) is 5.65. The zero-order valence-electron chi connectivity index (χ0n) is 16.1. The molecule has 29 heavy (non-hydrogen) atoms. The molecule has 8 heteroatoms. The van der Waals surface area contributed by atoms with E-state index in [4.69, 9.17) is 0 Å². The summed E-state index contributed by atoms with van der Waals surface area (Å²) in [5, 5.41) is 6.88. The molecule has 0 bridgehead atoms. The minimum absolute atomic E-state index is 0.00393. The van der Waals surface area contributed by atoms with E-state index in [0.29, 0.717) is 17.3 Å². The number of carbonyl (C=O) groups excluding carboxylic acids is 1. The van der Waals surface area contributed by atoms with E-state index in [0.717, 1.165) is 12.1 Å². The van der Waals surface area contributed by atoms with Gasteiger partial charge in [-0.25, -0.2) is 8.42 Å². The molecule has 0 radical (unpaired) electrons. The maximum absolute atomic E-state index is 12.5. The van der Waals surface area contributed by atoms with Gasteiger partial charge >= 0.3 is 0 Å². The standard InChI is InChI=1S/C21H23N3O3S2/c1-14-5-7-15(8-6-14)9-10-22-20(25)16-3-2-4-17(11-16)23-21-24-18-12-29(26,27)13-19(18)28-21/h2-8,11,18-19H,9-10,12-13H2,1H3,(H,22,25)(H,23,24)/t18-,19-/m1/s1. The van der Waals surface area contributed by atoms with Crippen LogP contribution >= 0.6 is 11.8 Å². The van der Waals surface area contributed by atoms with E-state index >= 15 is 0 Å². The van der Waals surface area contributed by atoms with Crippen LogP contribution in [0.2, 0.25) is 0 Å². The van der Waals surface area contributed by atoms with Crippen molar-refractivity contribution in [2.75, 3.05) is 23.4 Å². The van der Waals surface area contributed by atoms with E-state index in [-0.39, 0.29) is 28.7 Å². The number of amidine groups is 1. The first kappa shape index (κ1) is 20.0. The lowest BCUT2D eigenvalue weighted by molar-refractivity contribution is 0.0954. The molecule has 0 aliphatic carbocycles. The van der Waals surface area contributed by atoms with Crippen molar-refractivity contribution in [3.63, 3.8) is 0 Å². The maximum atomic E-state index is 12.5. The summed E-state index contributed by atoms with van der Waals surface area (Å²) in [5.74, 6) is 0.185. The molecule has 6 nitrogen and oxygen atoms in total. The predicted molar refractivity (Wildman–Crippen MR) is 119 cm³/mol. The number of nitrogens with one attached hydrogen (secondary N) is 2. The van der Waals surface area contributed by atoms with Gasteiger partial charge in [0, 0.05) is 23.0 Å². The molecule has 0 spiro atoms. The van der Waals surface area contributed by atoms with Gasteiger partial charge in [-0.05, 0) is 37.1 Å². The van der Waals surface area contributed by atoms with E-state index in [9.17, 15) is 13.2 Å². The summed E-state index contributed by atoms with van der Waals surface area (Å²) in [7, 11) is -2.96. The average Bonchev–Trinajstić information content (AvgIpc) is 3.16. The SMILES string of the molecule is Cc1ccc(CCNC(=O)c2cccc(NC3=N[C@@H]4CS(=O)(=O)C[C@H]4S3)c2)cc1. The Balaban J connectivity index is 1.32. The number of fused-ring (bicyclic) bond motifs is 1. The van der Waals surface area contributed by atoms with Crippen molar-refractivity contribution < 1.29 is 13.2 Å². The minimum Gasteiger partial charge on any atom is -0.352 e. The van der Waals surface area contributed by atoms with Crippen LogP contribution in [0.4, 0.5) is 5.69 Å². The lowest BCUT2D eigenvalue weighted by atomic mass is 10.1. The van der Waals surface area contributed by atoms with Crippen LogP contribution in [-0.2, 0) is 16.3 Å². The second-order valence-corrected chi connectivity index (χ2v) is 10.8. The van der Waals surface area contributed by atoms with Gasteiger partial charge in [0.2, 0.25) is 0 Å². The topological polar surface area (TPSA) is 87.6 Å². The molecule has 2 aromatic carbocycles. The van der Waals surface area contributed by atoms with Gasteiger partial charge in [-0.15, -0.1) is 0 Å². The van der Waals surface area contributed by atoms with Gasteiger partial charge in [0.25, 0.3) is 5.91 Å². The highest BCUT2D eigenvalue weighted by atomic mass is 32.2. The fourth-order valence-corrected chi connectivity index (χ4v) is 7.13. The van der Waals surface area contributed by atoms with Crippen LogP contribution in [0.5, 0.6) is 0 Å². The molecule has 4 rings (SSSR count). The van der Waals surface area contributed by atoms with E-state index in [1.807, 2.05) is 12.1 Å². The van der Waals surface area contributed by atoms with Gasteiger partial charge in [-0.2, -0.15) is 0 Å². The molecule has 1 fully saturated rings. The Morgan fingerprint density at radius 2 is 1.97 bits per heavy atom. The number of anilines is 1. The van der Waals surface area contributed by atoms with Crippen LogP contribution in [-0.4, -0.2) is 48.8 Å². The lowest BCUT2D eigenvalue weighted by Crippen LogP contribution is -2.25. The van der Waals surface area contributed by atoms with E-state index in [1.54, 1.807) is 12.1 Å². The van der Waals surface area contributed by atoms with E-state index in [1.165, 1.54) is 22.9 Å². The van der Waals surface area contributed by atoms with Crippen LogP contribution < -0.4 is 10.6 Å². The van der Waals surface area contributed by atoms with Crippen molar-refractivity contribution in [2.24, 2.45) is 4.99 Å². The van der Waals surface area contributed by atoms with E-state index < -0.39 is 9.84 Å². The molecule has 2 atom stereocenters. The highest BCUT2D eigenvalue weighted by Gasteiger charge is 2.42. The number of rotatable bonds is 5. The zero-order valence-corrected chi connectivity index (χ0v) is 17.7. The zero-order chi connectivity index (χ0) is 20.4. The molecule has 1 saturated heterocycles. The third-order valence-corrected chi connectivity index (χ3v) is 8.16. The largest absolute Gasteiger partial charge is 0.352 e. The van der Waals surface area contributed by atoms with Crippen LogP contribution in [0.3, 0.4) is 0 Å². The molecule has 2 aliphatic heterocycles. The summed E-state index contributed by atoms with van der Waals surface area (Å²) < 4.78 is 23.3. The van der Waals surface area contributed by atoms with Gasteiger partial charge in [-0.1, -0.05) is 47.7 Å². The van der Waals surface area contributed by atoms with E-state index in [2.05, 4.69) is 46.8 Å². The molecule has 0 unspecified atom stereocenters. The van der Waals surface area contributed by atoms with Crippen molar-refractivity contribution in [2.45, 2.75) is 24.6 Å². The smallest absolute Gasteiger partial charge is 0.251 e. The Morgan fingerprint density at radius 3 is 2.72 bits per heavy atom. The summed E-state index contributed by atoms with van der Waals surface area (Å²) in [6, 6.07) is 15.4. The van der Waals surface area contributed by atoms with Crippen LogP contribution in [0.25, 0.3) is 0 Å². The summed E-state index contributed by atoms with van der Waals surface area (Å²) in [5.41, 5.74) is 3.75. The summed E-state index contributed by atoms with van der Waals surface area (Å²) >= 11 is 1.46. The first-order valence-corrected chi connectivity index (χ1v) is 12.2. The molecule has 2 heterocycles. The number of thioether (sulfide) groups is 1. The van der Waals surface area contributed by atoms with Gasteiger partial charge < -0.3 is 10.6 Å². The van der Waals surface area contributed by atoms with Crippen molar-refractivity contribution >= 4 is 38.4 Å². The normalized spacial score (nSPS) is 22.0. The highest BCUT2D eigenvalue weighted by Crippen LogP contribution is 2.34. The molecule has 152 valence electrons. The highest BCUT2D eigenvalue weighted by molar-refractivity contribution is 8.15. The molecule has 0 saturated carbocycles. The number of amides is 1. The summed E-state index contributed by atoms with van der Waals surface area (Å²) in [6.45, 7) is 2.62. The monoisotopic (exact) mass is 429 g/mol. The Hall–Kier alpha value is -2.32. The first-order valence-electron chi connectivity index (χ1n) is 9.54. The second-order valence-electron chi connectivity index (χ2n) is 7.43. The number of benzene rings is 2. The third kappa shape index (κ3) is 5.00. The number of hydrogen-bond donors (Lipinski definition) is 2. The lowest BCUT2D eigenvalue weighted by Gasteiger charge is -2.09. The molecule has 2 aromatic rings. The molecule has 2 aliphatic rings. The van der Waals surface area contributed by atoms with Crippen LogP contribution in [0.15, 0.2) is 53.5 Å². The Morgan fingerprint density at radius 1 is 1.17 bits per heavy atom. The number of carbonyl (C=O) groups is 1. The van der Waals surface area contributed by atoms with Crippen LogP contribution in [0, 0.1) is 6.92 Å². The van der Waals surface area contributed by atoms with Gasteiger partial charge in [-0.3, -0.25) is 9.79 Å². The van der Waals surface area contributed by atoms with Gasteiger partial charge in [0.15, 0.2) is 15.0 Å². The first-order chi connectivity index (χ1) is 13.9. The third-order valence-electron chi connectivity index (χ3n) is 5.01. The summed E-state index contributed by atoms with van der Waals surface area (Å²) in [4.78, 5) is 17.0. The number of hydrogen-bond acceptors (Lipinski definition) is 6. The molecular formula is C21H23N3O3S2.